The van der Waals surface area contributed by atoms with E-state index in [0.29, 0.717) is 11.1 Å². The zero-order valence-corrected chi connectivity index (χ0v) is 16.3. The highest BCUT2D eigenvalue weighted by Crippen LogP contribution is 2.24. The van der Waals surface area contributed by atoms with Crippen LogP contribution < -0.4 is 26.9 Å². The molecule has 2 heterocycles. The van der Waals surface area contributed by atoms with E-state index in [0.717, 1.165) is 15.2 Å². The standard InChI is InChI=1S/C19H17N3O8/c1-21-13(8-15(24)22(2)19(21)27)20-14(23)9-29-17(25)11-7-10-5-4-6-12(28-3)16(10)30-18(11)26/h4-8H,9H2,1-3H3,(H,20,23). The number of nitrogens with zero attached hydrogens (tertiary/aromatic N) is 2. The van der Waals surface area contributed by atoms with Gasteiger partial charge in [-0.3, -0.25) is 18.7 Å². The van der Waals surface area contributed by atoms with Crippen LogP contribution in [0.2, 0.25) is 0 Å². The van der Waals surface area contributed by atoms with Gasteiger partial charge in [0.15, 0.2) is 17.9 Å². The molecule has 11 nitrogen and oxygen atoms in total. The van der Waals surface area contributed by atoms with Gasteiger partial charge in [0.2, 0.25) is 0 Å². The summed E-state index contributed by atoms with van der Waals surface area (Å²) in [7, 11) is 4.06. The minimum Gasteiger partial charge on any atom is -0.493 e. The molecule has 30 heavy (non-hydrogen) atoms. The summed E-state index contributed by atoms with van der Waals surface area (Å²) in [6.07, 6.45) is 0. The van der Waals surface area contributed by atoms with Crippen molar-refractivity contribution in [2.24, 2.45) is 14.1 Å². The average Bonchev–Trinajstić information content (AvgIpc) is 2.73. The van der Waals surface area contributed by atoms with Crippen LogP contribution in [-0.2, 0) is 23.6 Å². The van der Waals surface area contributed by atoms with Crippen molar-refractivity contribution in [1.29, 1.82) is 0 Å². The van der Waals surface area contributed by atoms with E-state index in [1.165, 1.54) is 27.3 Å². The van der Waals surface area contributed by atoms with Gasteiger partial charge in [-0.15, -0.1) is 0 Å². The summed E-state index contributed by atoms with van der Waals surface area (Å²) in [6.45, 7) is -0.752. The second-order valence-corrected chi connectivity index (χ2v) is 6.22. The lowest BCUT2D eigenvalue weighted by atomic mass is 10.2. The van der Waals surface area contributed by atoms with Crippen LogP contribution in [0.15, 0.2) is 49.1 Å². The number of hydrogen-bond acceptors (Lipinski definition) is 8. The number of nitrogens with one attached hydrogen (secondary N) is 1. The number of amides is 1. The van der Waals surface area contributed by atoms with E-state index in [2.05, 4.69) is 5.32 Å². The van der Waals surface area contributed by atoms with Gasteiger partial charge < -0.3 is 19.2 Å². The highest BCUT2D eigenvalue weighted by molar-refractivity contribution is 5.96. The van der Waals surface area contributed by atoms with E-state index in [1.807, 2.05) is 0 Å². The molecule has 0 unspecified atom stereocenters. The number of para-hydroxylation sites is 1. The van der Waals surface area contributed by atoms with Crippen LogP contribution in [0.3, 0.4) is 0 Å². The second kappa shape index (κ2) is 8.07. The summed E-state index contributed by atoms with van der Waals surface area (Å²) in [4.78, 5) is 60.0. The Balaban J connectivity index is 1.75. The molecule has 0 radical (unpaired) electrons. The van der Waals surface area contributed by atoms with Gasteiger partial charge in [0, 0.05) is 25.5 Å². The molecular formula is C19H17N3O8. The van der Waals surface area contributed by atoms with Crippen molar-refractivity contribution in [1.82, 2.24) is 9.13 Å². The largest absolute Gasteiger partial charge is 0.493 e. The molecule has 2 aromatic heterocycles. The van der Waals surface area contributed by atoms with E-state index in [-0.39, 0.29) is 11.4 Å². The molecule has 1 aromatic carbocycles. The first-order valence-corrected chi connectivity index (χ1v) is 8.58. The Morgan fingerprint density at radius 3 is 2.53 bits per heavy atom. The normalized spacial score (nSPS) is 10.6. The topological polar surface area (TPSA) is 139 Å². The smallest absolute Gasteiger partial charge is 0.351 e. The molecule has 0 aliphatic rings. The van der Waals surface area contributed by atoms with Crippen LogP contribution in [-0.4, -0.2) is 34.7 Å². The summed E-state index contributed by atoms with van der Waals surface area (Å²) in [5.74, 6) is -1.62. The summed E-state index contributed by atoms with van der Waals surface area (Å²) >= 11 is 0. The predicted octanol–water partition coefficient (Wildman–Crippen LogP) is -0.00550. The number of methoxy groups -OCH3 is 1. The lowest BCUT2D eigenvalue weighted by molar-refractivity contribution is -0.119. The first-order valence-electron chi connectivity index (χ1n) is 8.58. The van der Waals surface area contributed by atoms with Crippen molar-refractivity contribution in [2.45, 2.75) is 0 Å². The molecule has 3 aromatic rings. The maximum absolute atomic E-state index is 12.2. The molecule has 0 fully saturated rings. The number of carbonyl (C=O) groups is 2. The first kappa shape index (κ1) is 20.6. The summed E-state index contributed by atoms with van der Waals surface area (Å²) in [5, 5.41) is 2.73. The van der Waals surface area contributed by atoms with Crippen molar-refractivity contribution in [3.8, 4) is 5.75 Å². The second-order valence-electron chi connectivity index (χ2n) is 6.22. The van der Waals surface area contributed by atoms with Gasteiger partial charge in [-0.25, -0.2) is 14.4 Å². The Morgan fingerprint density at radius 1 is 1.10 bits per heavy atom. The van der Waals surface area contributed by atoms with E-state index >= 15 is 0 Å². The molecule has 0 atom stereocenters. The number of rotatable bonds is 5. The van der Waals surface area contributed by atoms with E-state index in [4.69, 9.17) is 13.9 Å². The molecule has 1 amide bonds. The van der Waals surface area contributed by atoms with Crippen LogP contribution in [0, 0.1) is 0 Å². The first-order chi connectivity index (χ1) is 14.2. The fourth-order valence-electron chi connectivity index (χ4n) is 2.66. The number of anilines is 1. The summed E-state index contributed by atoms with van der Waals surface area (Å²) < 4.78 is 17.0. The number of benzene rings is 1. The van der Waals surface area contributed by atoms with Crippen molar-refractivity contribution in [3.63, 3.8) is 0 Å². The van der Waals surface area contributed by atoms with E-state index in [9.17, 15) is 24.0 Å². The summed E-state index contributed by atoms with van der Waals surface area (Å²) in [6, 6.07) is 7.18. The number of hydrogen-bond donors (Lipinski definition) is 1. The number of esters is 1. The van der Waals surface area contributed by atoms with Crippen molar-refractivity contribution in [2.75, 3.05) is 19.0 Å². The molecule has 3 rings (SSSR count). The minimum absolute atomic E-state index is 0.0681. The highest BCUT2D eigenvalue weighted by Gasteiger charge is 2.18. The molecular weight excluding hydrogens is 398 g/mol. The third-order valence-electron chi connectivity index (χ3n) is 4.29. The van der Waals surface area contributed by atoms with Crippen LogP contribution in [0.25, 0.3) is 11.0 Å². The van der Waals surface area contributed by atoms with Crippen LogP contribution >= 0.6 is 0 Å². The highest BCUT2D eigenvalue weighted by atomic mass is 16.5. The fourth-order valence-corrected chi connectivity index (χ4v) is 2.66. The number of ether oxygens (including phenoxy) is 2. The van der Waals surface area contributed by atoms with Gasteiger partial charge in [-0.05, 0) is 12.1 Å². The molecule has 0 saturated heterocycles. The van der Waals surface area contributed by atoms with E-state index in [1.54, 1.807) is 18.2 Å². The van der Waals surface area contributed by atoms with Gasteiger partial charge in [0.25, 0.3) is 11.5 Å². The van der Waals surface area contributed by atoms with Gasteiger partial charge in [0.1, 0.15) is 11.4 Å². The molecule has 0 spiro atoms. The Labute approximate surface area is 168 Å². The fraction of sp³-hybridized carbons (Fsp3) is 0.211. The Morgan fingerprint density at radius 2 is 1.83 bits per heavy atom. The molecule has 0 aliphatic heterocycles. The Bertz CT molecular complexity index is 1330. The number of carbonyl (C=O) groups excluding carboxylic acids is 2. The van der Waals surface area contributed by atoms with Crippen LogP contribution in [0.4, 0.5) is 5.82 Å². The molecule has 156 valence electrons. The lowest BCUT2D eigenvalue weighted by Gasteiger charge is -2.11. The number of aromatic nitrogens is 2. The quantitative estimate of drug-likeness (QED) is 0.454. The third-order valence-corrected chi connectivity index (χ3v) is 4.29. The van der Waals surface area contributed by atoms with Gasteiger partial charge >= 0.3 is 17.3 Å². The lowest BCUT2D eigenvalue weighted by Crippen LogP contribution is -2.38. The van der Waals surface area contributed by atoms with Gasteiger partial charge in [-0.2, -0.15) is 0 Å². The van der Waals surface area contributed by atoms with Gasteiger partial charge in [-0.1, -0.05) is 12.1 Å². The molecule has 1 N–H and O–H groups in total. The Kier molecular flexibility index (Phi) is 5.54. The molecule has 0 aliphatic carbocycles. The SMILES string of the molecule is COc1cccc2cc(C(=O)OCC(=O)Nc3cc(=O)n(C)c(=O)n3C)c(=O)oc12. The van der Waals surface area contributed by atoms with E-state index < -0.39 is 40.9 Å². The zero-order valence-electron chi connectivity index (χ0n) is 16.3. The average molecular weight is 415 g/mol. The molecule has 0 saturated carbocycles. The summed E-state index contributed by atoms with van der Waals surface area (Å²) in [5.41, 5.74) is -2.43. The zero-order chi connectivity index (χ0) is 22.0. The minimum atomic E-state index is -1.07. The maximum atomic E-state index is 12.2. The van der Waals surface area contributed by atoms with Crippen LogP contribution in [0.5, 0.6) is 5.75 Å². The van der Waals surface area contributed by atoms with Crippen molar-refractivity contribution < 1.29 is 23.5 Å². The monoisotopic (exact) mass is 415 g/mol. The molecule has 0 bridgehead atoms. The van der Waals surface area contributed by atoms with Crippen molar-refractivity contribution in [3.05, 3.63) is 67.2 Å². The van der Waals surface area contributed by atoms with Crippen molar-refractivity contribution >= 4 is 28.7 Å². The maximum Gasteiger partial charge on any atom is 0.351 e. The molecule has 11 heteroatoms. The predicted molar refractivity (Wildman–Crippen MR) is 105 cm³/mol. The number of fused-ring (bicyclic) bond motifs is 1. The third kappa shape index (κ3) is 3.85. The van der Waals surface area contributed by atoms with Gasteiger partial charge in [0.05, 0.1) is 7.11 Å². The van der Waals surface area contributed by atoms with Crippen LogP contribution in [0.1, 0.15) is 10.4 Å². The Hall–Kier alpha value is -4.15.